The van der Waals surface area contributed by atoms with Gasteiger partial charge < -0.3 is 0 Å². The van der Waals surface area contributed by atoms with Crippen molar-refractivity contribution < 1.29 is 0 Å². The molecule has 0 radical (unpaired) electrons. The maximum absolute atomic E-state index is 12.1. The van der Waals surface area contributed by atoms with E-state index >= 15 is 0 Å². The summed E-state index contributed by atoms with van der Waals surface area (Å²) in [6, 6.07) is 4.84. The Morgan fingerprint density at radius 2 is 1.71 bits per heavy atom. The van der Waals surface area contributed by atoms with Gasteiger partial charge in [-0.1, -0.05) is 37.0 Å². The summed E-state index contributed by atoms with van der Waals surface area (Å²) >= 11 is 12.8. The lowest BCUT2D eigenvalue weighted by atomic mass is 10.0. The first kappa shape index (κ1) is 20.0. The van der Waals surface area contributed by atoms with Gasteiger partial charge in [-0.05, 0) is 29.7 Å². The predicted octanol–water partition coefficient (Wildman–Crippen LogP) is 2.24. The van der Waals surface area contributed by atoms with Crippen molar-refractivity contribution in [3.05, 3.63) is 76.3 Å². The van der Waals surface area contributed by atoms with Crippen LogP contribution in [0.4, 0.5) is 0 Å². The Labute approximate surface area is 169 Å². The van der Waals surface area contributed by atoms with Gasteiger partial charge in [0.1, 0.15) is 0 Å². The van der Waals surface area contributed by atoms with Gasteiger partial charge in [0.15, 0.2) is 5.69 Å². The van der Waals surface area contributed by atoms with E-state index in [0.717, 1.165) is 4.68 Å². The zero-order chi connectivity index (χ0) is 20.6. The van der Waals surface area contributed by atoms with Crippen molar-refractivity contribution in [2.45, 2.75) is 26.2 Å². The number of H-pyrrole nitrogens is 2. The molecule has 0 saturated heterocycles. The molecule has 0 aliphatic heterocycles. The molecule has 2 aromatic heterocycles. The molecule has 2 N–H and O–H groups in total. The van der Waals surface area contributed by atoms with E-state index < -0.39 is 11.2 Å². The molecule has 0 atom stereocenters. The average molecular weight is 422 g/mol. The number of benzene rings is 1. The van der Waals surface area contributed by atoms with Crippen LogP contribution in [-0.2, 0) is 13.5 Å². The summed E-state index contributed by atoms with van der Waals surface area (Å²) in [5.74, 6) is 0.0429. The lowest BCUT2D eigenvalue weighted by Gasteiger charge is -2.11. The van der Waals surface area contributed by atoms with Crippen molar-refractivity contribution in [3.8, 4) is 11.3 Å². The Bertz CT molecular complexity index is 1200. The molecule has 28 heavy (non-hydrogen) atoms. The van der Waals surface area contributed by atoms with Gasteiger partial charge in [-0.15, -0.1) is 0 Å². The molecule has 146 valence electrons. The Morgan fingerprint density at radius 1 is 1.07 bits per heavy atom. The molecule has 0 bridgehead atoms. The third kappa shape index (κ3) is 3.93. The number of aromatic amines is 2. The minimum atomic E-state index is -0.633. The molecule has 0 spiro atoms. The number of nitrogens with zero attached hydrogens (tertiary/aromatic N) is 3. The summed E-state index contributed by atoms with van der Waals surface area (Å²) < 4.78 is 1.02. The third-order valence-corrected chi connectivity index (χ3v) is 4.93. The molecule has 0 amide bonds. The topological polar surface area (TPSA) is 114 Å². The smallest absolute Gasteiger partial charge is 0.271 e. The monoisotopic (exact) mass is 421 g/mol. The van der Waals surface area contributed by atoms with Crippen LogP contribution in [0.3, 0.4) is 0 Å². The van der Waals surface area contributed by atoms with E-state index in [1.807, 2.05) is 13.8 Å². The molecule has 0 saturated carbocycles. The fourth-order valence-corrected chi connectivity index (χ4v) is 3.36. The molecule has 0 aliphatic rings. The minimum Gasteiger partial charge on any atom is -0.271 e. The van der Waals surface area contributed by atoms with Gasteiger partial charge in [0.25, 0.3) is 11.1 Å². The Morgan fingerprint density at radius 3 is 2.32 bits per heavy atom. The van der Waals surface area contributed by atoms with Crippen LogP contribution >= 0.6 is 23.2 Å². The minimum absolute atomic E-state index is 0.0294. The SMILES string of the molecule is CC(C)c1cc(Cc2c(Cl)cc(-c3nn(C)c(=O)[nH]c3=O)cc2Cl)n[nH]c1=O. The molecule has 3 aromatic rings. The Hall–Kier alpha value is -2.71. The summed E-state index contributed by atoms with van der Waals surface area (Å²) in [5, 5.41) is 11.1. The summed E-state index contributed by atoms with van der Waals surface area (Å²) in [7, 11) is 1.42. The van der Waals surface area contributed by atoms with Crippen LogP contribution < -0.4 is 16.8 Å². The van der Waals surface area contributed by atoms with E-state index in [4.69, 9.17) is 23.2 Å². The van der Waals surface area contributed by atoms with Gasteiger partial charge in [-0.2, -0.15) is 10.2 Å². The highest BCUT2D eigenvalue weighted by molar-refractivity contribution is 6.36. The molecule has 1 aromatic carbocycles. The normalized spacial score (nSPS) is 11.2. The first-order valence-electron chi connectivity index (χ1n) is 8.41. The van der Waals surface area contributed by atoms with E-state index in [9.17, 15) is 14.4 Å². The largest absolute Gasteiger partial charge is 0.344 e. The van der Waals surface area contributed by atoms with Gasteiger partial charge in [0.2, 0.25) is 0 Å². The molecule has 10 heteroatoms. The van der Waals surface area contributed by atoms with Crippen LogP contribution in [-0.4, -0.2) is 25.0 Å². The van der Waals surface area contributed by atoms with E-state index in [-0.39, 0.29) is 17.2 Å². The first-order valence-corrected chi connectivity index (χ1v) is 9.17. The molecular weight excluding hydrogens is 405 g/mol. The number of halogens is 2. The van der Waals surface area contributed by atoms with Crippen LogP contribution in [0.2, 0.25) is 10.0 Å². The maximum atomic E-state index is 12.1. The quantitative estimate of drug-likeness (QED) is 0.670. The molecule has 0 unspecified atom stereocenters. The number of hydrogen-bond donors (Lipinski definition) is 2. The Balaban J connectivity index is 2.03. The summed E-state index contributed by atoms with van der Waals surface area (Å²) in [6.45, 7) is 3.83. The van der Waals surface area contributed by atoms with E-state index in [1.165, 1.54) is 7.05 Å². The highest BCUT2D eigenvalue weighted by Gasteiger charge is 2.16. The summed E-state index contributed by atoms with van der Waals surface area (Å²) in [6.07, 6.45) is 0.297. The van der Waals surface area contributed by atoms with Crippen LogP contribution in [0.1, 0.15) is 36.6 Å². The van der Waals surface area contributed by atoms with Crippen molar-refractivity contribution in [3.63, 3.8) is 0 Å². The lowest BCUT2D eigenvalue weighted by molar-refractivity contribution is 0.671. The van der Waals surface area contributed by atoms with Crippen LogP contribution in [0.15, 0.2) is 32.6 Å². The van der Waals surface area contributed by atoms with Crippen molar-refractivity contribution in [1.82, 2.24) is 25.0 Å². The number of aromatic nitrogens is 5. The first-order chi connectivity index (χ1) is 13.2. The highest BCUT2D eigenvalue weighted by atomic mass is 35.5. The highest BCUT2D eigenvalue weighted by Crippen LogP contribution is 2.31. The van der Waals surface area contributed by atoms with Gasteiger partial charge in [-0.25, -0.2) is 14.6 Å². The number of nitrogens with one attached hydrogen (secondary N) is 2. The zero-order valence-electron chi connectivity index (χ0n) is 15.3. The second-order valence-electron chi connectivity index (χ2n) is 6.63. The second-order valence-corrected chi connectivity index (χ2v) is 7.44. The molecular formula is C18H17Cl2N5O3. The molecule has 0 fully saturated rings. The molecule has 2 heterocycles. The summed E-state index contributed by atoms with van der Waals surface area (Å²) in [5.41, 5.74) is 0.760. The molecule has 8 nitrogen and oxygen atoms in total. The third-order valence-electron chi connectivity index (χ3n) is 4.26. The average Bonchev–Trinajstić information content (AvgIpc) is 2.62. The molecule has 3 rings (SSSR count). The summed E-state index contributed by atoms with van der Waals surface area (Å²) in [4.78, 5) is 37.6. The number of hydrogen-bond acceptors (Lipinski definition) is 5. The Kier molecular flexibility index (Phi) is 5.53. The van der Waals surface area contributed by atoms with Crippen molar-refractivity contribution >= 4 is 23.2 Å². The predicted molar refractivity (Wildman–Crippen MR) is 107 cm³/mol. The van der Waals surface area contributed by atoms with Gasteiger partial charge >= 0.3 is 5.69 Å². The van der Waals surface area contributed by atoms with Crippen molar-refractivity contribution in [2.24, 2.45) is 7.05 Å². The van der Waals surface area contributed by atoms with Gasteiger partial charge in [-0.3, -0.25) is 14.6 Å². The maximum Gasteiger partial charge on any atom is 0.344 e. The lowest BCUT2D eigenvalue weighted by Crippen LogP contribution is -2.31. The number of rotatable bonds is 4. The van der Waals surface area contributed by atoms with Crippen LogP contribution in [0.5, 0.6) is 0 Å². The fraction of sp³-hybridized carbons (Fsp3) is 0.278. The number of aryl methyl sites for hydroxylation is 1. The van der Waals surface area contributed by atoms with Crippen LogP contribution in [0.25, 0.3) is 11.3 Å². The van der Waals surface area contributed by atoms with Crippen molar-refractivity contribution in [2.75, 3.05) is 0 Å². The second kappa shape index (κ2) is 7.73. The molecule has 0 aliphatic carbocycles. The standard InChI is InChI=1S/C18H17Cl2N5O3/c1-8(2)11-6-10(22-23-16(11)26)7-12-13(19)4-9(5-14(12)20)15-17(27)21-18(28)25(3)24-15/h4-6,8H,7H2,1-3H3,(H,23,26)(H,21,27,28). The fourth-order valence-electron chi connectivity index (χ4n) is 2.74. The van der Waals surface area contributed by atoms with Gasteiger partial charge in [0.05, 0.1) is 5.69 Å². The van der Waals surface area contributed by atoms with Gasteiger partial charge in [0, 0.05) is 34.6 Å². The van der Waals surface area contributed by atoms with E-state index in [1.54, 1.807) is 18.2 Å². The zero-order valence-corrected chi connectivity index (χ0v) is 16.9. The van der Waals surface area contributed by atoms with Crippen molar-refractivity contribution in [1.29, 1.82) is 0 Å². The van der Waals surface area contributed by atoms with Crippen LogP contribution in [0, 0.1) is 0 Å². The van der Waals surface area contributed by atoms with E-state index in [0.29, 0.717) is 38.9 Å². The van der Waals surface area contributed by atoms with E-state index in [2.05, 4.69) is 20.3 Å².